The summed E-state index contributed by atoms with van der Waals surface area (Å²) in [5.74, 6) is 1.37. The lowest BCUT2D eigenvalue weighted by molar-refractivity contribution is 0.174. The molecule has 1 aliphatic rings. The number of nitrogens with zero attached hydrogens (tertiary/aromatic N) is 2. The first kappa shape index (κ1) is 18.5. The molecule has 2 heterocycles. The molecule has 0 radical (unpaired) electrons. The molecule has 0 fully saturated rings. The van der Waals surface area contributed by atoms with E-state index >= 15 is 0 Å². The highest BCUT2D eigenvalue weighted by Crippen LogP contribution is 2.34. The maximum Gasteiger partial charge on any atom is 0.322 e. The van der Waals surface area contributed by atoms with Crippen molar-refractivity contribution in [3.8, 4) is 11.5 Å². The van der Waals surface area contributed by atoms with Gasteiger partial charge in [-0.2, -0.15) is 0 Å². The first-order valence-electron chi connectivity index (χ1n) is 8.90. The first-order valence-corrected chi connectivity index (χ1v) is 9.78. The Hall–Kier alpha value is -2.25. The van der Waals surface area contributed by atoms with Crippen LogP contribution >= 0.6 is 11.3 Å². The summed E-state index contributed by atoms with van der Waals surface area (Å²) in [5.41, 5.74) is 0.707. The van der Waals surface area contributed by atoms with Crippen molar-refractivity contribution in [1.29, 1.82) is 0 Å². The zero-order valence-electron chi connectivity index (χ0n) is 15.2. The number of rotatable bonds is 8. The molecule has 1 aromatic heterocycles. The van der Waals surface area contributed by atoms with Crippen LogP contribution in [0.3, 0.4) is 0 Å². The van der Waals surface area contributed by atoms with Gasteiger partial charge in [0, 0.05) is 29.7 Å². The average Bonchev–Trinajstić information content (AvgIpc) is 3.32. The van der Waals surface area contributed by atoms with Gasteiger partial charge in [0.15, 0.2) is 11.5 Å². The van der Waals surface area contributed by atoms with Crippen molar-refractivity contribution in [2.24, 2.45) is 0 Å². The monoisotopic (exact) mass is 375 g/mol. The minimum absolute atomic E-state index is 0.107. The van der Waals surface area contributed by atoms with Crippen molar-refractivity contribution in [2.75, 3.05) is 38.3 Å². The topological polar surface area (TPSA) is 54.0 Å². The molecule has 0 unspecified atom stereocenters. The molecule has 1 aromatic carbocycles. The van der Waals surface area contributed by atoms with Crippen molar-refractivity contribution < 1.29 is 14.3 Å². The normalized spacial score (nSPS) is 12.4. The number of fused-ring (bicyclic) bond motifs is 1. The second kappa shape index (κ2) is 8.91. The second-order valence-electron chi connectivity index (χ2n) is 6.03. The molecule has 140 valence electrons. The number of hydrogen-bond donors (Lipinski definition) is 1. The van der Waals surface area contributed by atoms with Crippen LogP contribution in [0.4, 0.5) is 10.5 Å². The van der Waals surface area contributed by atoms with Crippen LogP contribution in [0.1, 0.15) is 18.7 Å². The number of hydrogen-bond acceptors (Lipinski definition) is 5. The zero-order chi connectivity index (χ0) is 18.4. The number of benzene rings is 1. The molecule has 0 saturated heterocycles. The Morgan fingerprint density at radius 3 is 2.69 bits per heavy atom. The predicted molar refractivity (Wildman–Crippen MR) is 104 cm³/mol. The Kier molecular flexibility index (Phi) is 6.35. The molecule has 3 rings (SSSR count). The summed E-state index contributed by atoms with van der Waals surface area (Å²) < 4.78 is 10.7. The van der Waals surface area contributed by atoms with Gasteiger partial charge in [0.25, 0.3) is 0 Å². The van der Waals surface area contributed by atoms with E-state index < -0.39 is 0 Å². The second-order valence-corrected chi connectivity index (χ2v) is 7.06. The summed E-state index contributed by atoms with van der Waals surface area (Å²) in [6.07, 6.45) is 0. The Balaban J connectivity index is 1.66. The lowest BCUT2D eigenvalue weighted by Gasteiger charge is -2.26. The van der Waals surface area contributed by atoms with Gasteiger partial charge in [-0.15, -0.1) is 11.3 Å². The van der Waals surface area contributed by atoms with Gasteiger partial charge >= 0.3 is 6.03 Å². The Morgan fingerprint density at radius 1 is 1.15 bits per heavy atom. The number of anilines is 1. The maximum atomic E-state index is 12.9. The number of likely N-dealkylation sites (N-methyl/N-ethyl adjacent to an activating group) is 1. The number of urea groups is 1. The highest BCUT2D eigenvalue weighted by Gasteiger charge is 2.18. The Morgan fingerprint density at radius 2 is 1.96 bits per heavy atom. The predicted octanol–water partition coefficient (Wildman–Crippen LogP) is 3.85. The lowest BCUT2D eigenvalue weighted by Crippen LogP contribution is -2.40. The number of carbonyl (C=O) groups is 1. The third kappa shape index (κ3) is 4.68. The van der Waals surface area contributed by atoms with Gasteiger partial charge in [0.05, 0.1) is 6.54 Å². The van der Waals surface area contributed by atoms with Crippen molar-refractivity contribution in [3.05, 3.63) is 40.6 Å². The van der Waals surface area contributed by atoms with E-state index in [9.17, 15) is 4.79 Å². The van der Waals surface area contributed by atoms with Crippen LogP contribution in [0.25, 0.3) is 0 Å². The molecule has 0 atom stereocenters. The largest absolute Gasteiger partial charge is 0.454 e. The standard InChI is InChI=1S/C19H25N3O3S/c1-3-21(4-2)9-10-22(13-16-6-5-11-26-16)19(23)20-15-7-8-17-18(12-15)25-14-24-17/h5-8,11-12H,3-4,9-10,13-14H2,1-2H3,(H,20,23). The average molecular weight is 375 g/mol. The van der Waals surface area contributed by atoms with Gasteiger partial charge in [-0.3, -0.25) is 0 Å². The van der Waals surface area contributed by atoms with Crippen LogP contribution in [0.2, 0.25) is 0 Å². The van der Waals surface area contributed by atoms with Crippen LogP contribution < -0.4 is 14.8 Å². The van der Waals surface area contributed by atoms with E-state index in [1.165, 1.54) is 4.88 Å². The molecular weight excluding hydrogens is 350 g/mol. The molecule has 0 bridgehead atoms. The van der Waals surface area contributed by atoms with E-state index in [2.05, 4.69) is 30.1 Å². The van der Waals surface area contributed by atoms with Gasteiger partial charge in [-0.1, -0.05) is 19.9 Å². The summed E-state index contributed by atoms with van der Waals surface area (Å²) in [6, 6.07) is 9.41. The van der Waals surface area contributed by atoms with Crippen molar-refractivity contribution >= 4 is 23.1 Å². The minimum atomic E-state index is -0.107. The highest BCUT2D eigenvalue weighted by molar-refractivity contribution is 7.09. The molecular formula is C19H25N3O3S. The van der Waals surface area contributed by atoms with Crippen molar-refractivity contribution in [1.82, 2.24) is 9.80 Å². The molecule has 0 saturated carbocycles. The third-order valence-electron chi connectivity index (χ3n) is 4.42. The summed E-state index contributed by atoms with van der Waals surface area (Å²) in [6.45, 7) is 8.60. The van der Waals surface area contributed by atoms with Gasteiger partial charge < -0.3 is 24.6 Å². The van der Waals surface area contributed by atoms with E-state index in [0.717, 1.165) is 19.6 Å². The smallest absolute Gasteiger partial charge is 0.322 e. The molecule has 2 amide bonds. The Labute approximate surface area is 158 Å². The minimum Gasteiger partial charge on any atom is -0.454 e. The number of thiophene rings is 1. The number of amides is 2. The van der Waals surface area contributed by atoms with Crippen molar-refractivity contribution in [2.45, 2.75) is 20.4 Å². The van der Waals surface area contributed by atoms with E-state index in [-0.39, 0.29) is 12.8 Å². The SMILES string of the molecule is CCN(CC)CCN(Cc1cccs1)C(=O)Nc1ccc2c(c1)OCO2. The van der Waals surface area contributed by atoms with Crippen LogP contribution in [-0.4, -0.2) is 48.8 Å². The fourth-order valence-corrected chi connectivity index (χ4v) is 3.54. The number of carbonyl (C=O) groups excluding carboxylic acids is 1. The van der Waals surface area contributed by atoms with Crippen LogP contribution in [0.5, 0.6) is 11.5 Å². The van der Waals surface area contributed by atoms with E-state index in [0.29, 0.717) is 30.3 Å². The molecule has 6 nitrogen and oxygen atoms in total. The number of ether oxygens (including phenoxy) is 2. The van der Waals surface area contributed by atoms with Gasteiger partial charge in [-0.05, 0) is 36.7 Å². The van der Waals surface area contributed by atoms with E-state index in [4.69, 9.17) is 9.47 Å². The van der Waals surface area contributed by atoms with Crippen molar-refractivity contribution in [3.63, 3.8) is 0 Å². The zero-order valence-corrected chi connectivity index (χ0v) is 16.1. The Bertz CT molecular complexity index is 717. The molecule has 1 aliphatic heterocycles. The first-order chi connectivity index (χ1) is 12.7. The molecule has 1 N–H and O–H groups in total. The molecule has 0 aliphatic carbocycles. The third-order valence-corrected chi connectivity index (χ3v) is 5.28. The maximum absolute atomic E-state index is 12.9. The van der Waals surface area contributed by atoms with E-state index in [1.807, 2.05) is 28.5 Å². The molecule has 2 aromatic rings. The molecule has 26 heavy (non-hydrogen) atoms. The van der Waals surface area contributed by atoms with E-state index in [1.54, 1.807) is 17.4 Å². The summed E-state index contributed by atoms with van der Waals surface area (Å²) in [7, 11) is 0. The van der Waals surface area contributed by atoms with Crippen LogP contribution in [-0.2, 0) is 6.54 Å². The van der Waals surface area contributed by atoms with Crippen LogP contribution in [0.15, 0.2) is 35.7 Å². The van der Waals surface area contributed by atoms with Gasteiger partial charge in [0.1, 0.15) is 0 Å². The van der Waals surface area contributed by atoms with Gasteiger partial charge in [-0.25, -0.2) is 4.79 Å². The molecule has 0 spiro atoms. The summed E-state index contributed by atoms with van der Waals surface area (Å²) in [4.78, 5) is 18.2. The molecule has 7 heteroatoms. The van der Waals surface area contributed by atoms with Gasteiger partial charge in [0.2, 0.25) is 6.79 Å². The number of nitrogens with one attached hydrogen (secondary N) is 1. The summed E-state index contributed by atoms with van der Waals surface area (Å²) >= 11 is 1.67. The van der Waals surface area contributed by atoms with Crippen LogP contribution in [0, 0.1) is 0 Å². The fourth-order valence-electron chi connectivity index (χ4n) is 2.82. The fraction of sp³-hybridized carbons (Fsp3) is 0.421. The highest BCUT2D eigenvalue weighted by atomic mass is 32.1. The quantitative estimate of drug-likeness (QED) is 0.761. The summed E-state index contributed by atoms with van der Waals surface area (Å²) in [5, 5.41) is 5.02. The lowest BCUT2D eigenvalue weighted by atomic mass is 10.3.